The van der Waals surface area contributed by atoms with Gasteiger partial charge in [-0.05, 0) is 0 Å². The molecule has 9 heteroatoms. The fourth-order valence-electron chi connectivity index (χ4n) is 0.647. The van der Waals surface area contributed by atoms with Gasteiger partial charge in [-0.15, -0.1) is 0 Å². The number of hydrogen-bond donors (Lipinski definition) is 2. The van der Waals surface area contributed by atoms with Crippen LogP contribution in [0.2, 0.25) is 0 Å². The van der Waals surface area contributed by atoms with Crippen LogP contribution in [0.3, 0.4) is 0 Å². The quantitative estimate of drug-likeness (QED) is 0.341. The third-order valence-electron chi connectivity index (χ3n) is 1.31. The summed E-state index contributed by atoms with van der Waals surface area (Å²) < 4.78 is 4.15. The van der Waals surface area contributed by atoms with Crippen molar-refractivity contribution in [3.63, 3.8) is 0 Å². The van der Waals surface area contributed by atoms with Crippen LogP contribution in [0.5, 0.6) is 0 Å². The summed E-state index contributed by atoms with van der Waals surface area (Å²) in [6, 6.07) is 0. The summed E-state index contributed by atoms with van der Waals surface area (Å²) in [5.41, 5.74) is 0. The Hall–Kier alpha value is 0.0800. The van der Waals surface area contributed by atoms with Gasteiger partial charge in [-0.1, -0.05) is 0 Å². The van der Waals surface area contributed by atoms with Crippen LogP contribution in [0.4, 0.5) is 0 Å². The van der Waals surface area contributed by atoms with Crippen molar-refractivity contribution in [1.82, 2.24) is 0 Å². The summed E-state index contributed by atoms with van der Waals surface area (Å²) >= 11 is 0. The Morgan fingerprint density at radius 2 is 1.00 bits per heavy atom. The number of rotatable bonds is 6. The molecule has 0 atom stereocenters. The predicted molar refractivity (Wildman–Crippen MR) is 59.1 cm³/mol. The fourth-order valence-corrected chi connectivity index (χ4v) is 0.647. The van der Waals surface area contributed by atoms with Gasteiger partial charge in [0.15, 0.2) is 0 Å². The number of carbonyl (C=O) groups excluding carboxylic acids is 2. The third-order valence-corrected chi connectivity index (χ3v) is 1.31. The summed E-state index contributed by atoms with van der Waals surface area (Å²) in [6.45, 7) is 0. The third kappa shape index (κ3) is 16.1. The molecule has 88 valence electrons. The van der Waals surface area contributed by atoms with E-state index in [0.29, 0.717) is 0 Å². The maximum atomic E-state index is 10.7. The van der Waals surface area contributed by atoms with Crippen LogP contribution >= 0.6 is 0 Å². The molecule has 0 aromatic rings. The second kappa shape index (κ2) is 12.5. The molecule has 0 bridgehead atoms. The predicted octanol–water partition coefficient (Wildman–Crippen LogP) is -1.51. The van der Waals surface area contributed by atoms with Gasteiger partial charge in [-0.2, -0.15) is 0 Å². The molecule has 0 rings (SSSR count). The van der Waals surface area contributed by atoms with E-state index < -0.39 is 49.6 Å². The average Bonchev–Trinajstić information content (AvgIpc) is 2.11. The van der Waals surface area contributed by atoms with Crippen molar-refractivity contribution >= 4 is 83.0 Å². The number of carboxylic acids is 2. The number of aliphatic carboxylic acids is 2. The van der Waals surface area contributed by atoms with Crippen LogP contribution in [-0.2, 0) is 23.9 Å². The van der Waals surface area contributed by atoms with E-state index in [9.17, 15) is 19.2 Å². The molecule has 0 aliphatic rings. The van der Waals surface area contributed by atoms with Gasteiger partial charge in [-0.3, -0.25) is 19.2 Å². The Morgan fingerprint density at radius 1 is 0.706 bits per heavy atom. The molecule has 0 fully saturated rings. The van der Waals surface area contributed by atoms with E-state index in [-0.39, 0.29) is 59.1 Å². The molecule has 0 amide bonds. The average molecular weight is 266 g/mol. The van der Waals surface area contributed by atoms with Crippen LogP contribution in [0.25, 0.3) is 0 Å². The van der Waals surface area contributed by atoms with Crippen LogP contribution in [-0.4, -0.2) is 93.2 Å². The zero-order valence-electron chi connectivity index (χ0n) is 7.76. The first-order valence-corrected chi connectivity index (χ1v) is 4.09. The number of carbonyl (C=O) groups is 4. The van der Waals surface area contributed by atoms with E-state index in [4.69, 9.17) is 10.2 Å². The number of hydrogen-bond acceptors (Lipinski definition) is 5. The SMILES string of the molecule is O=C(O)CCC(=O)OC(=O)CCC(=O)O.[NaH].[NaH]. The standard InChI is InChI=1S/C8H10O7.2Na.2H/c9-5(10)1-3-7(13)15-8(14)4-2-6(11)12;;;;/h1-4H2,(H,9,10)(H,11,12);;;;. The number of carboxylic acid groups (broad SMARTS) is 2. The first-order chi connectivity index (χ1) is 6.91. The normalized spacial score (nSPS) is 8.24. The molecule has 0 radical (unpaired) electrons. The van der Waals surface area contributed by atoms with Gasteiger partial charge in [0, 0.05) is 0 Å². The van der Waals surface area contributed by atoms with Gasteiger partial charge in [0.25, 0.3) is 0 Å². The van der Waals surface area contributed by atoms with Crippen LogP contribution in [0.15, 0.2) is 0 Å². The van der Waals surface area contributed by atoms with E-state index in [2.05, 4.69) is 4.74 Å². The Bertz CT molecular complexity index is 262. The van der Waals surface area contributed by atoms with Gasteiger partial charge < -0.3 is 14.9 Å². The van der Waals surface area contributed by atoms with Crippen molar-refractivity contribution in [3.8, 4) is 0 Å². The molecule has 0 heterocycles. The van der Waals surface area contributed by atoms with E-state index in [1.54, 1.807) is 0 Å². The molecule has 0 saturated heterocycles. The van der Waals surface area contributed by atoms with Crippen LogP contribution in [0.1, 0.15) is 25.7 Å². The molecule has 7 nitrogen and oxygen atoms in total. The van der Waals surface area contributed by atoms with Crippen molar-refractivity contribution in [2.24, 2.45) is 0 Å². The van der Waals surface area contributed by atoms with Gasteiger partial charge in [0.1, 0.15) is 0 Å². The monoisotopic (exact) mass is 266 g/mol. The summed E-state index contributed by atoms with van der Waals surface area (Å²) in [7, 11) is 0. The Balaban J connectivity index is -0.000000980. The molecule has 0 unspecified atom stereocenters. The molecule has 17 heavy (non-hydrogen) atoms. The van der Waals surface area contributed by atoms with Crippen molar-refractivity contribution in [3.05, 3.63) is 0 Å². The van der Waals surface area contributed by atoms with Gasteiger partial charge in [0.2, 0.25) is 0 Å². The summed E-state index contributed by atoms with van der Waals surface area (Å²) in [6.07, 6.45) is -1.67. The van der Waals surface area contributed by atoms with Gasteiger partial charge >= 0.3 is 83.0 Å². The first kappa shape index (κ1) is 22.3. The molecule has 2 N–H and O–H groups in total. The Kier molecular flexibility index (Phi) is 16.4. The molecule has 0 aliphatic heterocycles. The second-order valence-electron chi connectivity index (χ2n) is 2.63. The summed E-state index contributed by atoms with van der Waals surface area (Å²) in [4.78, 5) is 41.6. The summed E-state index contributed by atoms with van der Waals surface area (Å²) in [5.74, 6) is -4.28. The molecule has 0 spiro atoms. The zero-order chi connectivity index (χ0) is 11.8. The van der Waals surface area contributed by atoms with Crippen molar-refractivity contribution < 1.29 is 34.1 Å². The number of ether oxygens (including phenoxy) is 1. The van der Waals surface area contributed by atoms with Crippen LogP contribution in [0, 0.1) is 0 Å². The topological polar surface area (TPSA) is 118 Å². The van der Waals surface area contributed by atoms with Gasteiger partial charge in [0.05, 0.1) is 25.7 Å². The zero-order valence-corrected chi connectivity index (χ0v) is 7.76. The Labute approximate surface area is 141 Å². The minimum atomic E-state index is -1.18. The molecular weight excluding hydrogens is 254 g/mol. The van der Waals surface area contributed by atoms with Crippen LogP contribution < -0.4 is 0 Å². The molecule has 0 saturated carbocycles. The summed E-state index contributed by atoms with van der Waals surface area (Å²) in [5, 5.41) is 16.4. The second-order valence-corrected chi connectivity index (χ2v) is 2.63. The molecule has 0 aromatic heterocycles. The molecule has 0 aliphatic carbocycles. The van der Waals surface area contributed by atoms with E-state index in [1.165, 1.54) is 0 Å². The van der Waals surface area contributed by atoms with Gasteiger partial charge in [-0.25, -0.2) is 0 Å². The molecular formula is C8H12Na2O7. The van der Waals surface area contributed by atoms with E-state index in [0.717, 1.165) is 0 Å². The Morgan fingerprint density at radius 3 is 1.24 bits per heavy atom. The van der Waals surface area contributed by atoms with Crippen molar-refractivity contribution in [2.75, 3.05) is 0 Å². The molecule has 0 aromatic carbocycles. The maximum absolute atomic E-state index is 10.7. The minimum absolute atomic E-state index is 0. The number of esters is 2. The van der Waals surface area contributed by atoms with E-state index in [1.807, 2.05) is 0 Å². The van der Waals surface area contributed by atoms with Crippen molar-refractivity contribution in [2.45, 2.75) is 25.7 Å². The first-order valence-electron chi connectivity index (χ1n) is 4.09. The van der Waals surface area contributed by atoms with Crippen molar-refractivity contribution in [1.29, 1.82) is 0 Å². The van der Waals surface area contributed by atoms with E-state index >= 15 is 0 Å². The fraction of sp³-hybridized carbons (Fsp3) is 0.500.